The summed E-state index contributed by atoms with van der Waals surface area (Å²) in [5.74, 6) is 1.59. The molecule has 0 saturated heterocycles. The molecule has 2 aliphatic rings. The molecule has 118 valence electrons. The van der Waals surface area contributed by atoms with E-state index in [4.69, 9.17) is 22.3 Å². The summed E-state index contributed by atoms with van der Waals surface area (Å²) >= 11 is 7.63. The number of halogens is 1. The lowest BCUT2D eigenvalue weighted by molar-refractivity contribution is 0.291. The van der Waals surface area contributed by atoms with E-state index in [2.05, 4.69) is 30.1 Å². The molecule has 1 aromatic carbocycles. The summed E-state index contributed by atoms with van der Waals surface area (Å²) < 4.78 is 0. The van der Waals surface area contributed by atoms with Gasteiger partial charge >= 0.3 is 0 Å². The van der Waals surface area contributed by atoms with Crippen LogP contribution in [0, 0.1) is 5.92 Å². The van der Waals surface area contributed by atoms with E-state index in [1.165, 1.54) is 17.5 Å². The zero-order valence-electron chi connectivity index (χ0n) is 12.9. The maximum Gasteiger partial charge on any atom is 0.154 e. The van der Waals surface area contributed by atoms with Crippen molar-refractivity contribution in [1.29, 1.82) is 0 Å². The standard InChI is InChI=1S/C18H18ClN3S/c1-18-13(10-23-17(20)22-18)5-4-11-2-3-12(8-15(11)18)16-7-6-14(19)9-21-16/h2-3,6-9,13H,4-5,10H2,1H3,(H2,20,22)/t13-,18+/m1/s1. The quantitative estimate of drug-likeness (QED) is 0.842. The second kappa shape index (κ2) is 5.53. The van der Waals surface area contributed by atoms with Crippen molar-refractivity contribution in [2.45, 2.75) is 25.3 Å². The van der Waals surface area contributed by atoms with E-state index < -0.39 is 0 Å². The van der Waals surface area contributed by atoms with E-state index in [1.807, 2.05) is 12.1 Å². The van der Waals surface area contributed by atoms with Gasteiger partial charge in [-0.3, -0.25) is 9.98 Å². The molecule has 23 heavy (non-hydrogen) atoms. The number of fused-ring (bicyclic) bond motifs is 3. The van der Waals surface area contributed by atoms with E-state index in [0.29, 0.717) is 16.1 Å². The number of rotatable bonds is 1. The molecule has 3 nitrogen and oxygen atoms in total. The maximum atomic E-state index is 6.04. The van der Waals surface area contributed by atoms with Gasteiger partial charge in [-0.25, -0.2) is 0 Å². The number of nitrogens with zero attached hydrogens (tertiary/aromatic N) is 2. The van der Waals surface area contributed by atoms with Gasteiger partial charge in [0.25, 0.3) is 0 Å². The molecular weight excluding hydrogens is 326 g/mol. The number of aliphatic imine (C=N–C) groups is 1. The molecule has 2 heterocycles. The minimum atomic E-state index is -0.217. The Morgan fingerprint density at radius 1 is 1.30 bits per heavy atom. The third-order valence-corrected chi connectivity index (χ3v) is 6.19. The first kappa shape index (κ1) is 15.0. The summed E-state index contributed by atoms with van der Waals surface area (Å²) in [6, 6.07) is 10.4. The average molecular weight is 344 g/mol. The van der Waals surface area contributed by atoms with Gasteiger partial charge < -0.3 is 5.73 Å². The second-order valence-corrected chi connectivity index (χ2v) is 7.85. The molecule has 0 fully saturated rings. The van der Waals surface area contributed by atoms with Crippen molar-refractivity contribution in [2.75, 3.05) is 5.75 Å². The number of nitrogens with two attached hydrogens (primary N) is 1. The monoisotopic (exact) mass is 343 g/mol. The fourth-order valence-electron chi connectivity index (χ4n) is 3.65. The van der Waals surface area contributed by atoms with Crippen LogP contribution >= 0.6 is 23.4 Å². The third-order valence-electron chi connectivity index (χ3n) is 5.01. The molecule has 5 heteroatoms. The number of pyridine rings is 1. The number of thioether (sulfide) groups is 1. The molecule has 1 aliphatic heterocycles. The molecule has 0 unspecified atom stereocenters. The smallest absolute Gasteiger partial charge is 0.154 e. The van der Waals surface area contributed by atoms with Crippen LogP contribution in [0.5, 0.6) is 0 Å². The van der Waals surface area contributed by atoms with Gasteiger partial charge in [-0.05, 0) is 55.0 Å². The fourth-order valence-corrected chi connectivity index (χ4v) is 4.88. The van der Waals surface area contributed by atoms with Crippen LogP contribution in [0.1, 0.15) is 24.5 Å². The third kappa shape index (κ3) is 2.54. The predicted molar refractivity (Wildman–Crippen MR) is 97.9 cm³/mol. The predicted octanol–water partition coefficient (Wildman–Crippen LogP) is 4.24. The number of aromatic nitrogens is 1. The van der Waals surface area contributed by atoms with Crippen LogP contribution in [0.2, 0.25) is 5.02 Å². The highest BCUT2D eigenvalue weighted by atomic mass is 35.5. The summed E-state index contributed by atoms with van der Waals surface area (Å²) in [5, 5.41) is 1.35. The van der Waals surface area contributed by atoms with Crippen LogP contribution in [0.25, 0.3) is 11.3 Å². The van der Waals surface area contributed by atoms with Gasteiger partial charge in [0, 0.05) is 17.5 Å². The van der Waals surface area contributed by atoms with Crippen LogP contribution in [0.15, 0.2) is 41.5 Å². The van der Waals surface area contributed by atoms with Crippen molar-refractivity contribution >= 4 is 28.5 Å². The summed E-state index contributed by atoms with van der Waals surface area (Å²) in [6.07, 6.45) is 3.97. The van der Waals surface area contributed by atoms with Gasteiger partial charge in [-0.1, -0.05) is 35.5 Å². The first-order valence-electron chi connectivity index (χ1n) is 7.80. The first-order valence-corrected chi connectivity index (χ1v) is 9.16. The summed E-state index contributed by atoms with van der Waals surface area (Å²) in [6.45, 7) is 2.22. The van der Waals surface area contributed by atoms with E-state index in [9.17, 15) is 0 Å². The lowest BCUT2D eigenvalue weighted by atomic mass is 9.70. The lowest BCUT2D eigenvalue weighted by Crippen LogP contribution is -2.41. The Kier molecular flexibility index (Phi) is 3.62. The number of amidine groups is 1. The first-order chi connectivity index (χ1) is 11.1. The minimum absolute atomic E-state index is 0.217. The molecule has 0 bridgehead atoms. The van der Waals surface area contributed by atoms with Crippen molar-refractivity contribution in [3.8, 4) is 11.3 Å². The molecule has 0 spiro atoms. The van der Waals surface area contributed by atoms with Crippen molar-refractivity contribution in [2.24, 2.45) is 16.6 Å². The van der Waals surface area contributed by atoms with Crippen LogP contribution in [-0.2, 0) is 12.0 Å². The van der Waals surface area contributed by atoms with Gasteiger partial charge in [0.15, 0.2) is 5.17 Å². The highest BCUT2D eigenvalue weighted by molar-refractivity contribution is 8.13. The van der Waals surface area contributed by atoms with Gasteiger partial charge in [-0.15, -0.1) is 0 Å². The number of hydrogen-bond acceptors (Lipinski definition) is 4. The Morgan fingerprint density at radius 3 is 2.96 bits per heavy atom. The Morgan fingerprint density at radius 2 is 2.17 bits per heavy atom. The second-order valence-electron chi connectivity index (χ2n) is 6.38. The van der Waals surface area contributed by atoms with E-state index in [-0.39, 0.29) is 5.54 Å². The van der Waals surface area contributed by atoms with Gasteiger partial charge in [0.2, 0.25) is 0 Å². The maximum absolute atomic E-state index is 6.04. The lowest BCUT2D eigenvalue weighted by Gasteiger charge is -2.42. The highest BCUT2D eigenvalue weighted by Gasteiger charge is 2.42. The Balaban J connectivity index is 1.84. The largest absolute Gasteiger partial charge is 0.379 e. The van der Waals surface area contributed by atoms with Gasteiger partial charge in [0.1, 0.15) is 0 Å². The fraction of sp³-hybridized carbons (Fsp3) is 0.333. The van der Waals surface area contributed by atoms with Crippen LogP contribution < -0.4 is 5.73 Å². The minimum Gasteiger partial charge on any atom is -0.379 e. The topological polar surface area (TPSA) is 51.3 Å². The summed E-state index contributed by atoms with van der Waals surface area (Å²) in [5.41, 5.74) is 10.5. The number of aryl methyl sites for hydroxylation is 1. The van der Waals surface area contributed by atoms with E-state index in [0.717, 1.165) is 23.4 Å². The average Bonchev–Trinajstić information content (AvgIpc) is 2.54. The Hall–Kier alpha value is -1.52. The Labute approximate surface area is 145 Å². The molecule has 4 rings (SSSR count). The molecule has 1 aromatic heterocycles. The summed E-state index contributed by atoms with van der Waals surface area (Å²) in [4.78, 5) is 9.28. The molecule has 2 aromatic rings. The zero-order valence-corrected chi connectivity index (χ0v) is 14.5. The van der Waals surface area contributed by atoms with Crippen LogP contribution in [-0.4, -0.2) is 15.9 Å². The number of hydrogen-bond donors (Lipinski definition) is 1. The SMILES string of the molecule is C[C@]12N=C(N)SC[C@H]1CCc1ccc(-c3ccc(Cl)cn3)cc12. The molecule has 0 radical (unpaired) electrons. The molecule has 1 aliphatic carbocycles. The summed E-state index contributed by atoms with van der Waals surface area (Å²) in [7, 11) is 0. The van der Waals surface area contributed by atoms with Crippen molar-refractivity contribution < 1.29 is 0 Å². The molecular formula is C18H18ClN3S. The molecule has 0 amide bonds. The number of benzene rings is 1. The molecule has 2 N–H and O–H groups in total. The van der Waals surface area contributed by atoms with Crippen molar-refractivity contribution in [3.05, 3.63) is 52.7 Å². The molecule has 2 atom stereocenters. The molecule has 0 saturated carbocycles. The van der Waals surface area contributed by atoms with E-state index >= 15 is 0 Å². The van der Waals surface area contributed by atoms with E-state index in [1.54, 1.807) is 18.0 Å². The van der Waals surface area contributed by atoms with Crippen LogP contribution in [0.3, 0.4) is 0 Å². The van der Waals surface area contributed by atoms with Gasteiger partial charge in [-0.2, -0.15) is 0 Å². The van der Waals surface area contributed by atoms with Crippen molar-refractivity contribution in [1.82, 2.24) is 4.98 Å². The van der Waals surface area contributed by atoms with Gasteiger partial charge in [0.05, 0.1) is 16.3 Å². The Bertz CT molecular complexity index is 787. The normalized spacial score (nSPS) is 26.2. The van der Waals surface area contributed by atoms with Crippen LogP contribution in [0.4, 0.5) is 0 Å². The highest BCUT2D eigenvalue weighted by Crippen LogP contribution is 2.47. The zero-order chi connectivity index (χ0) is 16.0. The van der Waals surface area contributed by atoms with Crippen molar-refractivity contribution in [3.63, 3.8) is 0 Å².